The standard InChI is InChI=1S/C13H20N4O/c1-8(14)10-4-5-17(7-10)11-6-12(18)16-13(15-11)9-2-3-9/h6,8-10H,2-5,7,14H2,1H3,(H,15,16,18). The van der Waals surface area contributed by atoms with Gasteiger partial charge in [-0.2, -0.15) is 0 Å². The number of rotatable bonds is 3. The molecule has 3 N–H and O–H groups in total. The van der Waals surface area contributed by atoms with Crippen LogP contribution in [-0.2, 0) is 0 Å². The highest BCUT2D eigenvalue weighted by Gasteiger charge is 2.29. The third-order valence-electron chi connectivity index (χ3n) is 4.00. The Balaban J connectivity index is 1.82. The van der Waals surface area contributed by atoms with Crippen LogP contribution < -0.4 is 16.2 Å². The number of nitrogens with one attached hydrogen (secondary N) is 1. The third-order valence-corrected chi connectivity index (χ3v) is 4.00. The molecular weight excluding hydrogens is 228 g/mol. The normalized spacial score (nSPS) is 25.4. The van der Waals surface area contributed by atoms with Crippen LogP contribution in [0.25, 0.3) is 0 Å². The minimum atomic E-state index is -0.0360. The van der Waals surface area contributed by atoms with E-state index in [0.29, 0.717) is 11.8 Å². The van der Waals surface area contributed by atoms with E-state index >= 15 is 0 Å². The van der Waals surface area contributed by atoms with Crippen LogP contribution in [0.15, 0.2) is 10.9 Å². The van der Waals surface area contributed by atoms with Crippen LogP contribution in [0.1, 0.15) is 37.9 Å². The molecule has 2 fully saturated rings. The molecule has 0 bridgehead atoms. The van der Waals surface area contributed by atoms with Gasteiger partial charge in [-0.1, -0.05) is 0 Å². The molecular formula is C13H20N4O. The van der Waals surface area contributed by atoms with E-state index in [9.17, 15) is 4.79 Å². The molecule has 1 aliphatic heterocycles. The van der Waals surface area contributed by atoms with E-state index in [1.165, 1.54) is 0 Å². The van der Waals surface area contributed by atoms with Crippen molar-refractivity contribution >= 4 is 5.82 Å². The van der Waals surface area contributed by atoms with Gasteiger partial charge in [-0.25, -0.2) is 4.98 Å². The lowest BCUT2D eigenvalue weighted by molar-refractivity contribution is 0.488. The number of aromatic nitrogens is 2. The van der Waals surface area contributed by atoms with Crippen LogP contribution in [-0.4, -0.2) is 29.1 Å². The Morgan fingerprint density at radius 2 is 2.28 bits per heavy atom. The maximum Gasteiger partial charge on any atom is 0.252 e. The van der Waals surface area contributed by atoms with Crippen LogP contribution in [0.2, 0.25) is 0 Å². The topological polar surface area (TPSA) is 75.0 Å². The number of hydrogen-bond acceptors (Lipinski definition) is 4. The molecule has 2 aliphatic rings. The quantitative estimate of drug-likeness (QED) is 0.830. The molecule has 1 saturated carbocycles. The zero-order valence-electron chi connectivity index (χ0n) is 10.7. The van der Waals surface area contributed by atoms with Crippen LogP contribution >= 0.6 is 0 Å². The van der Waals surface area contributed by atoms with Crippen molar-refractivity contribution in [1.29, 1.82) is 0 Å². The van der Waals surface area contributed by atoms with Gasteiger partial charge in [0.25, 0.3) is 5.56 Å². The molecule has 5 heteroatoms. The Kier molecular flexibility index (Phi) is 2.86. The summed E-state index contributed by atoms with van der Waals surface area (Å²) in [6.07, 6.45) is 3.38. The van der Waals surface area contributed by atoms with Crippen LogP contribution in [0.4, 0.5) is 5.82 Å². The summed E-state index contributed by atoms with van der Waals surface area (Å²) in [5.74, 6) is 2.67. The maximum absolute atomic E-state index is 11.7. The summed E-state index contributed by atoms with van der Waals surface area (Å²) in [7, 11) is 0. The van der Waals surface area contributed by atoms with E-state index in [0.717, 1.165) is 44.0 Å². The predicted octanol–water partition coefficient (Wildman–Crippen LogP) is 0.821. The Morgan fingerprint density at radius 3 is 2.89 bits per heavy atom. The first kappa shape index (κ1) is 11.7. The van der Waals surface area contributed by atoms with Crippen LogP contribution in [0.5, 0.6) is 0 Å². The summed E-state index contributed by atoms with van der Waals surface area (Å²) < 4.78 is 0. The molecule has 1 saturated heterocycles. The SMILES string of the molecule is CC(N)C1CCN(c2cc(=O)[nH]c(C3CC3)n2)C1. The van der Waals surface area contributed by atoms with Crippen molar-refractivity contribution in [3.05, 3.63) is 22.2 Å². The molecule has 3 rings (SSSR count). The number of H-pyrrole nitrogens is 1. The molecule has 98 valence electrons. The largest absolute Gasteiger partial charge is 0.356 e. The monoisotopic (exact) mass is 248 g/mol. The van der Waals surface area contributed by atoms with Gasteiger partial charge >= 0.3 is 0 Å². The maximum atomic E-state index is 11.7. The zero-order chi connectivity index (χ0) is 12.7. The summed E-state index contributed by atoms with van der Waals surface area (Å²) in [4.78, 5) is 21.3. The summed E-state index contributed by atoms with van der Waals surface area (Å²) >= 11 is 0. The third kappa shape index (κ3) is 2.27. The Labute approximate surface area is 106 Å². The lowest BCUT2D eigenvalue weighted by Crippen LogP contribution is -2.30. The van der Waals surface area contributed by atoms with Gasteiger partial charge in [0.05, 0.1) is 0 Å². The predicted molar refractivity (Wildman–Crippen MR) is 70.8 cm³/mol. The Hall–Kier alpha value is -1.36. The first-order chi connectivity index (χ1) is 8.63. The second-order valence-corrected chi connectivity index (χ2v) is 5.62. The summed E-state index contributed by atoms with van der Waals surface area (Å²) in [6, 6.07) is 1.81. The van der Waals surface area contributed by atoms with Gasteiger partial charge in [0.1, 0.15) is 11.6 Å². The van der Waals surface area contributed by atoms with Gasteiger partial charge in [-0.15, -0.1) is 0 Å². The number of hydrogen-bond donors (Lipinski definition) is 2. The van der Waals surface area contributed by atoms with Gasteiger partial charge < -0.3 is 15.6 Å². The lowest BCUT2D eigenvalue weighted by atomic mass is 10.0. The molecule has 1 aromatic rings. The number of nitrogens with two attached hydrogens (primary N) is 1. The second kappa shape index (κ2) is 4.39. The summed E-state index contributed by atoms with van der Waals surface area (Å²) in [5, 5.41) is 0. The number of anilines is 1. The first-order valence-corrected chi connectivity index (χ1v) is 6.75. The van der Waals surface area contributed by atoms with Crippen molar-refractivity contribution in [3.8, 4) is 0 Å². The van der Waals surface area contributed by atoms with Gasteiger partial charge in [0.15, 0.2) is 0 Å². The molecule has 2 atom stereocenters. The minimum Gasteiger partial charge on any atom is -0.356 e. The van der Waals surface area contributed by atoms with Crippen molar-refractivity contribution in [2.45, 2.75) is 38.1 Å². The van der Waals surface area contributed by atoms with Crippen molar-refractivity contribution in [2.24, 2.45) is 11.7 Å². The zero-order valence-corrected chi connectivity index (χ0v) is 10.7. The highest BCUT2D eigenvalue weighted by molar-refractivity contribution is 5.39. The molecule has 0 amide bonds. The van der Waals surface area contributed by atoms with Gasteiger partial charge in [-0.05, 0) is 32.1 Å². The van der Waals surface area contributed by atoms with E-state index < -0.39 is 0 Å². The smallest absolute Gasteiger partial charge is 0.252 e. The van der Waals surface area contributed by atoms with Gasteiger partial charge in [-0.3, -0.25) is 4.79 Å². The number of aromatic amines is 1. The second-order valence-electron chi connectivity index (χ2n) is 5.62. The Bertz CT molecular complexity index is 492. The van der Waals surface area contributed by atoms with Gasteiger partial charge in [0, 0.05) is 31.1 Å². The van der Waals surface area contributed by atoms with E-state index in [4.69, 9.17) is 5.73 Å². The van der Waals surface area contributed by atoms with E-state index in [2.05, 4.69) is 21.8 Å². The molecule has 2 unspecified atom stereocenters. The fraction of sp³-hybridized carbons (Fsp3) is 0.692. The van der Waals surface area contributed by atoms with Crippen molar-refractivity contribution < 1.29 is 0 Å². The summed E-state index contributed by atoms with van der Waals surface area (Å²) in [5.41, 5.74) is 5.91. The molecule has 18 heavy (non-hydrogen) atoms. The first-order valence-electron chi connectivity index (χ1n) is 6.75. The van der Waals surface area contributed by atoms with E-state index in [1.807, 2.05) is 0 Å². The number of nitrogens with zero attached hydrogens (tertiary/aromatic N) is 2. The molecule has 0 radical (unpaired) electrons. The summed E-state index contributed by atoms with van der Waals surface area (Å²) in [6.45, 7) is 3.92. The molecule has 1 aliphatic carbocycles. The fourth-order valence-corrected chi connectivity index (χ4v) is 2.60. The van der Waals surface area contributed by atoms with Crippen molar-refractivity contribution in [2.75, 3.05) is 18.0 Å². The molecule has 0 aromatic carbocycles. The minimum absolute atomic E-state index is 0.0360. The molecule has 2 heterocycles. The molecule has 0 spiro atoms. The lowest BCUT2D eigenvalue weighted by Gasteiger charge is -2.19. The van der Waals surface area contributed by atoms with Crippen molar-refractivity contribution in [1.82, 2.24) is 9.97 Å². The van der Waals surface area contributed by atoms with Crippen molar-refractivity contribution in [3.63, 3.8) is 0 Å². The fourth-order valence-electron chi connectivity index (χ4n) is 2.60. The van der Waals surface area contributed by atoms with E-state index in [-0.39, 0.29) is 11.6 Å². The Morgan fingerprint density at radius 1 is 1.50 bits per heavy atom. The van der Waals surface area contributed by atoms with Crippen LogP contribution in [0, 0.1) is 5.92 Å². The molecule has 1 aromatic heterocycles. The van der Waals surface area contributed by atoms with Gasteiger partial charge in [0.2, 0.25) is 0 Å². The average Bonchev–Trinajstić information content (AvgIpc) is 3.05. The average molecular weight is 248 g/mol. The highest BCUT2D eigenvalue weighted by Crippen LogP contribution is 2.38. The highest BCUT2D eigenvalue weighted by atomic mass is 16.1. The van der Waals surface area contributed by atoms with E-state index in [1.54, 1.807) is 6.07 Å². The van der Waals surface area contributed by atoms with Crippen LogP contribution in [0.3, 0.4) is 0 Å². The molecule has 5 nitrogen and oxygen atoms in total.